The molecule has 0 atom stereocenters. The van der Waals surface area contributed by atoms with E-state index < -0.39 is 5.43 Å². The van der Waals surface area contributed by atoms with Gasteiger partial charge in [0.1, 0.15) is 12.0 Å². The van der Waals surface area contributed by atoms with Crippen LogP contribution in [0.25, 0.3) is 11.0 Å². The van der Waals surface area contributed by atoms with Crippen LogP contribution in [0.15, 0.2) is 51.0 Å². The van der Waals surface area contributed by atoms with Crippen LogP contribution < -0.4 is 5.43 Å². The fourth-order valence-corrected chi connectivity index (χ4v) is 2.79. The molecule has 0 saturated heterocycles. The molecule has 0 aliphatic rings. The smallest absolute Gasteiger partial charge is 0.226 e. The van der Waals surface area contributed by atoms with Gasteiger partial charge in [-0.2, -0.15) is 0 Å². The van der Waals surface area contributed by atoms with Gasteiger partial charge >= 0.3 is 0 Å². The fraction of sp³-hybridized carbons (Fsp3) is 0.143. The maximum absolute atomic E-state index is 11.3. The topological polar surface area (TPSA) is 68.3 Å². The Morgan fingerprint density at radius 3 is 2.95 bits per heavy atom. The Labute approximate surface area is 118 Å². The highest BCUT2D eigenvalue weighted by molar-refractivity contribution is 7.98. The molecule has 0 bridgehead atoms. The van der Waals surface area contributed by atoms with Crippen molar-refractivity contribution in [3.8, 4) is 5.75 Å². The Morgan fingerprint density at radius 2 is 2.20 bits per heavy atom. The highest BCUT2D eigenvalue weighted by Gasteiger charge is 2.09. The third-order valence-electron chi connectivity index (χ3n) is 2.96. The third-order valence-corrected chi connectivity index (χ3v) is 4.01. The summed E-state index contributed by atoms with van der Waals surface area (Å²) in [5.41, 5.74) is 1.56. The Balaban J connectivity index is 1.84. The molecule has 0 saturated carbocycles. The molecule has 0 amide bonds. The van der Waals surface area contributed by atoms with Gasteiger partial charge in [-0.25, -0.2) is 4.98 Å². The summed E-state index contributed by atoms with van der Waals surface area (Å²) in [6.45, 7) is 0. The van der Waals surface area contributed by atoms with Gasteiger partial charge < -0.3 is 14.1 Å². The molecule has 20 heavy (non-hydrogen) atoms. The summed E-state index contributed by atoms with van der Waals surface area (Å²) in [6, 6.07) is 9.18. The number of aromatic hydroxyl groups is 1. The second-order valence-electron chi connectivity index (χ2n) is 4.33. The molecule has 0 spiro atoms. The summed E-state index contributed by atoms with van der Waals surface area (Å²) in [4.78, 5) is 15.8. The van der Waals surface area contributed by atoms with E-state index in [0.717, 1.165) is 22.5 Å². The second-order valence-corrected chi connectivity index (χ2v) is 5.27. The van der Waals surface area contributed by atoms with E-state index in [1.165, 1.54) is 17.8 Å². The number of fused-ring (bicyclic) bond motifs is 1. The van der Waals surface area contributed by atoms with Crippen molar-refractivity contribution in [1.29, 1.82) is 0 Å². The highest BCUT2D eigenvalue weighted by Crippen LogP contribution is 2.25. The molecule has 3 aromatic rings. The van der Waals surface area contributed by atoms with Gasteiger partial charge in [0, 0.05) is 13.1 Å². The minimum absolute atomic E-state index is 0.374. The van der Waals surface area contributed by atoms with Crippen molar-refractivity contribution in [3.63, 3.8) is 0 Å². The lowest BCUT2D eigenvalue weighted by Crippen LogP contribution is -1.99. The van der Waals surface area contributed by atoms with E-state index in [-0.39, 0.29) is 5.75 Å². The van der Waals surface area contributed by atoms with Gasteiger partial charge in [-0.3, -0.25) is 4.79 Å². The SMILES string of the molecule is Cn1c(SCc2cc(=O)c(O)co2)nc2ccccc21. The zero-order chi connectivity index (χ0) is 14.1. The van der Waals surface area contributed by atoms with E-state index in [4.69, 9.17) is 9.52 Å². The molecule has 0 aliphatic carbocycles. The molecule has 6 heteroatoms. The van der Waals surface area contributed by atoms with Crippen molar-refractivity contribution in [2.75, 3.05) is 0 Å². The van der Waals surface area contributed by atoms with E-state index in [1.54, 1.807) is 0 Å². The van der Waals surface area contributed by atoms with Crippen LogP contribution in [0.4, 0.5) is 0 Å². The van der Waals surface area contributed by atoms with Crippen LogP contribution in [0, 0.1) is 0 Å². The van der Waals surface area contributed by atoms with Gasteiger partial charge in [0.15, 0.2) is 10.9 Å². The second kappa shape index (κ2) is 5.05. The van der Waals surface area contributed by atoms with E-state index >= 15 is 0 Å². The van der Waals surface area contributed by atoms with Gasteiger partial charge in [-0.05, 0) is 12.1 Å². The van der Waals surface area contributed by atoms with Gasteiger partial charge in [0.25, 0.3) is 0 Å². The van der Waals surface area contributed by atoms with E-state index in [2.05, 4.69) is 4.98 Å². The van der Waals surface area contributed by atoms with Crippen LogP contribution in [0.3, 0.4) is 0 Å². The first kappa shape index (κ1) is 12.8. The number of nitrogens with zero attached hydrogens (tertiary/aromatic N) is 2. The Kier molecular flexibility index (Phi) is 3.23. The Hall–Kier alpha value is -2.21. The molecule has 0 unspecified atom stereocenters. The number of para-hydroxylation sites is 2. The summed E-state index contributed by atoms with van der Waals surface area (Å²) in [7, 11) is 1.95. The third kappa shape index (κ3) is 2.30. The van der Waals surface area contributed by atoms with E-state index in [1.807, 2.05) is 35.9 Å². The number of hydrogen-bond acceptors (Lipinski definition) is 5. The summed E-state index contributed by atoms with van der Waals surface area (Å²) < 4.78 is 7.17. The number of aromatic nitrogens is 2. The Bertz CT molecular complexity index is 823. The van der Waals surface area contributed by atoms with Gasteiger partial charge in [-0.15, -0.1) is 0 Å². The van der Waals surface area contributed by atoms with Crippen LogP contribution in [0.5, 0.6) is 5.75 Å². The largest absolute Gasteiger partial charge is 0.502 e. The minimum Gasteiger partial charge on any atom is -0.502 e. The number of hydrogen-bond donors (Lipinski definition) is 1. The van der Waals surface area contributed by atoms with Gasteiger partial charge in [0.05, 0.1) is 16.8 Å². The first-order valence-electron chi connectivity index (χ1n) is 6.00. The maximum Gasteiger partial charge on any atom is 0.226 e. The molecular weight excluding hydrogens is 276 g/mol. The first-order valence-corrected chi connectivity index (χ1v) is 6.98. The number of rotatable bonds is 3. The lowest BCUT2D eigenvalue weighted by Gasteiger charge is -2.01. The zero-order valence-corrected chi connectivity index (χ0v) is 11.6. The molecule has 102 valence electrons. The predicted octanol–water partition coefficient (Wildman–Crippen LogP) is 2.52. The van der Waals surface area contributed by atoms with Crippen molar-refractivity contribution in [3.05, 3.63) is 52.6 Å². The molecule has 1 aromatic carbocycles. The van der Waals surface area contributed by atoms with Crippen molar-refractivity contribution < 1.29 is 9.52 Å². The average Bonchev–Trinajstić information content (AvgIpc) is 2.77. The van der Waals surface area contributed by atoms with Crippen molar-refractivity contribution in [1.82, 2.24) is 9.55 Å². The van der Waals surface area contributed by atoms with E-state index in [9.17, 15) is 4.79 Å². The standard InChI is InChI=1S/C14H12N2O3S/c1-16-11-5-3-2-4-10(11)15-14(16)20-8-9-6-12(17)13(18)7-19-9/h2-7,18H,8H2,1H3. The molecular formula is C14H12N2O3S. The maximum atomic E-state index is 11.3. The van der Waals surface area contributed by atoms with Gasteiger partial charge in [-0.1, -0.05) is 23.9 Å². The van der Waals surface area contributed by atoms with E-state index in [0.29, 0.717) is 11.5 Å². The Morgan fingerprint density at radius 1 is 1.40 bits per heavy atom. The summed E-state index contributed by atoms with van der Waals surface area (Å²) in [5, 5.41) is 9.99. The predicted molar refractivity (Wildman–Crippen MR) is 76.9 cm³/mol. The first-order chi connectivity index (χ1) is 9.65. The normalized spacial score (nSPS) is 11.1. The number of thioether (sulfide) groups is 1. The lowest BCUT2D eigenvalue weighted by molar-refractivity contribution is 0.419. The minimum atomic E-state index is -0.433. The molecule has 2 aromatic heterocycles. The van der Waals surface area contributed by atoms with Crippen molar-refractivity contribution in [2.24, 2.45) is 7.05 Å². The molecule has 3 rings (SSSR count). The van der Waals surface area contributed by atoms with Crippen LogP contribution in [-0.2, 0) is 12.8 Å². The quantitative estimate of drug-likeness (QED) is 0.750. The number of benzene rings is 1. The van der Waals surface area contributed by atoms with Crippen LogP contribution in [0.2, 0.25) is 0 Å². The fourth-order valence-electron chi connectivity index (χ4n) is 1.91. The molecule has 5 nitrogen and oxygen atoms in total. The number of imidazole rings is 1. The van der Waals surface area contributed by atoms with Crippen molar-refractivity contribution >= 4 is 22.8 Å². The molecule has 2 heterocycles. The van der Waals surface area contributed by atoms with Crippen LogP contribution in [0.1, 0.15) is 5.76 Å². The lowest BCUT2D eigenvalue weighted by atomic mass is 10.3. The highest BCUT2D eigenvalue weighted by atomic mass is 32.2. The zero-order valence-electron chi connectivity index (χ0n) is 10.7. The van der Waals surface area contributed by atoms with Crippen LogP contribution in [-0.4, -0.2) is 14.7 Å². The summed E-state index contributed by atoms with van der Waals surface area (Å²) in [6.07, 6.45) is 1.06. The molecule has 0 fully saturated rings. The monoisotopic (exact) mass is 288 g/mol. The van der Waals surface area contributed by atoms with Gasteiger partial charge in [0.2, 0.25) is 5.43 Å². The average molecular weight is 288 g/mol. The van der Waals surface area contributed by atoms with Crippen LogP contribution >= 0.6 is 11.8 Å². The molecule has 0 radical (unpaired) electrons. The number of aryl methyl sites for hydroxylation is 1. The van der Waals surface area contributed by atoms with Crippen molar-refractivity contribution in [2.45, 2.75) is 10.9 Å². The molecule has 0 aliphatic heterocycles. The summed E-state index contributed by atoms with van der Waals surface area (Å²) >= 11 is 1.48. The summed E-state index contributed by atoms with van der Waals surface area (Å²) in [5.74, 6) is 0.610. The molecule has 1 N–H and O–H groups in total.